The molecule has 0 aliphatic rings. The van der Waals surface area contributed by atoms with Gasteiger partial charge in [-0.2, -0.15) is 5.26 Å². The molecule has 8 heteroatoms. The highest BCUT2D eigenvalue weighted by Crippen LogP contribution is 2.30. The van der Waals surface area contributed by atoms with Crippen molar-refractivity contribution in [1.29, 1.82) is 5.26 Å². The van der Waals surface area contributed by atoms with Crippen molar-refractivity contribution in [3.05, 3.63) is 81.3 Å². The van der Waals surface area contributed by atoms with Crippen LogP contribution in [0.2, 0.25) is 0 Å². The molecule has 1 heterocycles. The van der Waals surface area contributed by atoms with E-state index in [-0.39, 0.29) is 11.6 Å². The summed E-state index contributed by atoms with van der Waals surface area (Å²) >= 11 is 1.29. The first-order valence-electron chi connectivity index (χ1n) is 8.17. The average Bonchev–Trinajstić information content (AvgIpc) is 3.15. The van der Waals surface area contributed by atoms with Crippen molar-refractivity contribution in [3.63, 3.8) is 0 Å². The molecule has 0 spiro atoms. The van der Waals surface area contributed by atoms with E-state index in [2.05, 4.69) is 11.1 Å². The number of anilines is 2. The molecular weight excluding hydrogens is 376 g/mol. The highest BCUT2D eigenvalue weighted by atomic mass is 32.1. The van der Waals surface area contributed by atoms with Crippen LogP contribution in [0.25, 0.3) is 11.6 Å². The smallest absolute Gasteiger partial charge is 0.269 e. The lowest BCUT2D eigenvalue weighted by Gasteiger charge is -2.17. The van der Waals surface area contributed by atoms with E-state index < -0.39 is 4.92 Å². The third-order valence-corrected chi connectivity index (χ3v) is 4.68. The number of carbonyl (C=O) groups is 1. The van der Waals surface area contributed by atoms with E-state index in [1.54, 1.807) is 11.5 Å². The van der Waals surface area contributed by atoms with Gasteiger partial charge in [-0.25, -0.2) is 4.98 Å². The second kappa shape index (κ2) is 8.24. The monoisotopic (exact) mass is 390 g/mol. The Bertz CT molecular complexity index is 1080. The first kappa shape index (κ1) is 18.9. The first-order chi connectivity index (χ1) is 13.5. The summed E-state index contributed by atoms with van der Waals surface area (Å²) in [6, 6.07) is 17.0. The minimum absolute atomic E-state index is 0.0445. The number of benzene rings is 2. The summed E-state index contributed by atoms with van der Waals surface area (Å²) in [6.45, 7) is 1.46. The number of carbonyl (C=O) groups excluding carboxylic acids is 1. The van der Waals surface area contributed by atoms with Gasteiger partial charge in [-0.3, -0.25) is 19.8 Å². The van der Waals surface area contributed by atoms with Crippen LogP contribution in [0.5, 0.6) is 0 Å². The Labute approximate surface area is 165 Å². The maximum atomic E-state index is 12.1. The molecule has 1 amide bonds. The number of thiazole rings is 1. The van der Waals surface area contributed by atoms with Crippen molar-refractivity contribution in [3.8, 4) is 6.07 Å². The van der Waals surface area contributed by atoms with Crippen LogP contribution < -0.4 is 4.90 Å². The summed E-state index contributed by atoms with van der Waals surface area (Å²) in [4.78, 5) is 28.3. The fourth-order valence-corrected chi connectivity index (χ4v) is 3.38. The van der Waals surface area contributed by atoms with Crippen LogP contribution in [-0.4, -0.2) is 15.8 Å². The summed E-state index contributed by atoms with van der Waals surface area (Å²) in [7, 11) is 0. The van der Waals surface area contributed by atoms with Gasteiger partial charge in [0.1, 0.15) is 0 Å². The van der Waals surface area contributed by atoms with E-state index in [1.807, 2.05) is 30.3 Å². The number of hydrogen-bond donors (Lipinski definition) is 0. The molecule has 3 aromatic rings. The van der Waals surface area contributed by atoms with E-state index in [0.717, 1.165) is 0 Å². The van der Waals surface area contributed by atoms with Crippen molar-refractivity contribution in [2.45, 2.75) is 6.92 Å². The van der Waals surface area contributed by atoms with E-state index in [1.165, 1.54) is 47.4 Å². The Hall–Kier alpha value is -3.83. The van der Waals surface area contributed by atoms with E-state index in [0.29, 0.717) is 27.6 Å². The van der Waals surface area contributed by atoms with E-state index >= 15 is 0 Å². The quantitative estimate of drug-likeness (QED) is 0.354. The molecule has 0 radical (unpaired) electrons. The van der Waals surface area contributed by atoms with Crippen molar-refractivity contribution < 1.29 is 9.72 Å². The fraction of sp³-hybridized carbons (Fsp3) is 0.0500. The lowest BCUT2D eigenvalue weighted by atomic mass is 10.1. The molecule has 7 nitrogen and oxygen atoms in total. The van der Waals surface area contributed by atoms with Crippen LogP contribution in [0.1, 0.15) is 18.2 Å². The van der Waals surface area contributed by atoms with E-state index in [4.69, 9.17) is 0 Å². The highest BCUT2D eigenvalue weighted by molar-refractivity contribution is 7.14. The molecule has 0 fully saturated rings. The Balaban J connectivity index is 1.92. The predicted molar refractivity (Wildman–Crippen MR) is 108 cm³/mol. The van der Waals surface area contributed by atoms with Gasteiger partial charge < -0.3 is 0 Å². The van der Waals surface area contributed by atoms with E-state index in [9.17, 15) is 20.2 Å². The number of allylic oxidation sites excluding steroid dienone is 1. The minimum atomic E-state index is -0.494. The number of nitrogens with zero attached hydrogens (tertiary/aromatic N) is 4. The Morgan fingerprint density at radius 1 is 1.21 bits per heavy atom. The number of amides is 1. The molecule has 0 aliphatic carbocycles. The van der Waals surface area contributed by atoms with Crippen molar-refractivity contribution in [2.24, 2.45) is 0 Å². The molecule has 28 heavy (non-hydrogen) atoms. The first-order valence-corrected chi connectivity index (χ1v) is 9.05. The molecule has 0 bridgehead atoms. The van der Waals surface area contributed by atoms with Crippen LogP contribution in [0.15, 0.2) is 60.0 Å². The topological polar surface area (TPSA) is 100 Å². The summed E-state index contributed by atoms with van der Waals surface area (Å²) in [5, 5.41) is 22.5. The van der Waals surface area contributed by atoms with Crippen molar-refractivity contribution >= 4 is 45.4 Å². The number of nitriles is 1. The lowest BCUT2D eigenvalue weighted by molar-refractivity contribution is -0.384. The lowest BCUT2D eigenvalue weighted by Crippen LogP contribution is -2.22. The van der Waals surface area contributed by atoms with Gasteiger partial charge in [0.05, 0.1) is 27.9 Å². The average molecular weight is 390 g/mol. The molecule has 3 rings (SSSR count). The standard InChI is InChI=1S/C20H14N4O3S/c1-14(25)23(18-5-3-2-4-6-18)20-22-17(13-28-20)11-16(12-21)15-7-9-19(10-8-15)24(26)27/h2-11,13H,1H3/b16-11+. The van der Waals surface area contributed by atoms with Crippen LogP contribution in [0, 0.1) is 21.4 Å². The normalized spacial score (nSPS) is 10.9. The second-order valence-corrected chi connectivity index (χ2v) is 6.56. The van der Waals surface area contributed by atoms with Gasteiger partial charge >= 0.3 is 0 Å². The number of aromatic nitrogens is 1. The predicted octanol–water partition coefficient (Wildman–Crippen LogP) is 4.80. The molecule has 2 aromatic carbocycles. The number of nitro groups is 1. The van der Waals surface area contributed by atoms with Gasteiger partial charge in [-0.1, -0.05) is 18.2 Å². The van der Waals surface area contributed by atoms with Crippen molar-refractivity contribution in [2.75, 3.05) is 4.90 Å². The molecule has 0 unspecified atom stereocenters. The Morgan fingerprint density at radius 2 is 1.89 bits per heavy atom. The van der Waals surface area contributed by atoms with Gasteiger partial charge in [0.25, 0.3) is 5.69 Å². The summed E-state index contributed by atoms with van der Waals surface area (Å²) in [6.07, 6.45) is 1.59. The molecular formula is C20H14N4O3S. The zero-order chi connectivity index (χ0) is 20.1. The Morgan fingerprint density at radius 3 is 2.46 bits per heavy atom. The number of rotatable bonds is 5. The van der Waals surface area contributed by atoms with Crippen LogP contribution in [0.4, 0.5) is 16.5 Å². The number of non-ortho nitro benzene ring substituents is 1. The number of nitro benzene ring substituents is 1. The third kappa shape index (κ3) is 4.11. The molecule has 0 N–H and O–H groups in total. The minimum Gasteiger partial charge on any atom is -0.274 e. The SMILES string of the molecule is CC(=O)N(c1ccccc1)c1nc(/C=C(\C#N)c2ccc([N+](=O)[O-])cc2)cs1. The molecule has 0 atom stereocenters. The second-order valence-electron chi connectivity index (χ2n) is 5.72. The summed E-state index contributed by atoms with van der Waals surface area (Å²) < 4.78 is 0. The molecule has 0 saturated heterocycles. The van der Waals surface area contributed by atoms with Crippen LogP contribution in [0.3, 0.4) is 0 Å². The third-order valence-electron chi connectivity index (χ3n) is 3.83. The number of para-hydroxylation sites is 1. The fourth-order valence-electron chi connectivity index (χ4n) is 2.54. The zero-order valence-corrected chi connectivity index (χ0v) is 15.6. The zero-order valence-electron chi connectivity index (χ0n) is 14.8. The van der Waals surface area contributed by atoms with Gasteiger partial charge in [0, 0.05) is 24.4 Å². The summed E-state index contributed by atoms with van der Waals surface area (Å²) in [5.41, 5.74) is 2.06. The summed E-state index contributed by atoms with van der Waals surface area (Å²) in [5.74, 6) is -0.174. The van der Waals surface area contributed by atoms with Gasteiger partial charge in [-0.05, 0) is 35.9 Å². The maximum Gasteiger partial charge on any atom is 0.269 e. The Kier molecular flexibility index (Phi) is 5.58. The molecule has 138 valence electrons. The van der Waals surface area contributed by atoms with Gasteiger partial charge in [-0.15, -0.1) is 11.3 Å². The molecule has 1 aromatic heterocycles. The maximum absolute atomic E-state index is 12.1. The van der Waals surface area contributed by atoms with Crippen LogP contribution >= 0.6 is 11.3 Å². The van der Waals surface area contributed by atoms with Crippen LogP contribution in [-0.2, 0) is 4.79 Å². The molecule has 0 saturated carbocycles. The molecule has 0 aliphatic heterocycles. The van der Waals surface area contributed by atoms with Crippen molar-refractivity contribution in [1.82, 2.24) is 4.98 Å². The van der Waals surface area contributed by atoms with Gasteiger partial charge in [0.15, 0.2) is 5.13 Å². The largest absolute Gasteiger partial charge is 0.274 e. The highest BCUT2D eigenvalue weighted by Gasteiger charge is 2.17. The van der Waals surface area contributed by atoms with Gasteiger partial charge in [0.2, 0.25) is 5.91 Å². The number of hydrogen-bond acceptors (Lipinski definition) is 6.